The molecule has 0 radical (unpaired) electrons. The summed E-state index contributed by atoms with van der Waals surface area (Å²) < 4.78 is 5.33. The summed E-state index contributed by atoms with van der Waals surface area (Å²) in [7, 11) is 3.34. The topological polar surface area (TPSA) is 116 Å². The van der Waals surface area contributed by atoms with E-state index in [1.807, 2.05) is 30.9 Å². The Kier molecular flexibility index (Phi) is 9.74. The van der Waals surface area contributed by atoms with Gasteiger partial charge in [0.2, 0.25) is 5.91 Å². The Labute approximate surface area is 187 Å². The number of amides is 1. The molecule has 1 unspecified atom stereocenters. The molecule has 31 heavy (non-hydrogen) atoms. The minimum atomic E-state index is -0.722. The van der Waals surface area contributed by atoms with Crippen LogP contribution < -0.4 is 11.1 Å². The van der Waals surface area contributed by atoms with E-state index >= 15 is 0 Å². The molecule has 2 aromatic rings. The van der Waals surface area contributed by atoms with Gasteiger partial charge >= 0.3 is 0 Å². The van der Waals surface area contributed by atoms with Gasteiger partial charge < -0.3 is 25.5 Å². The largest absolute Gasteiger partial charge is 0.469 e. The van der Waals surface area contributed by atoms with E-state index in [1.54, 1.807) is 26.6 Å². The van der Waals surface area contributed by atoms with Crippen LogP contribution in [0.2, 0.25) is 0 Å². The second-order valence-electron chi connectivity index (χ2n) is 7.18. The third-order valence-corrected chi connectivity index (χ3v) is 6.27. The van der Waals surface area contributed by atoms with Gasteiger partial charge in [-0.2, -0.15) is 0 Å². The quantitative estimate of drug-likeness (QED) is 0.262. The number of aliphatic hydroxyl groups excluding tert-OH is 1. The minimum absolute atomic E-state index is 0.0422. The average molecular weight is 448 g/mol. The normalized spacial score (nSPS) is 13.0. The van der Waals surface area contributed by atoms with Crippen LogP contribution in [0.5, 0.6) is 0 Å². The maximum absolute atomic E-state index is 12.6. The van der Waals surface area contributed by atoms with Gasteiger partial charge in [0.05, 0.1) is 23.6 Å². The van der Waals surface area contributed by atoms with E-state index in [0.717, 1.165) is 26.8 Å². The first kappa shape index (κ1) is 24.6. The van der Waals surface area contributed by atoms with E-state index in [-0.39, 0.29) is 5.91 Å². The van der Waals surface area contributed by atoms with Crippen molar-refractivity contribution in [2.45, 2.75) is 52.3 Å². The first-order valence-corrected chi connectivity index (χ1v) is 11.2. The van der Waals surface area contributed by atoms with Gasteiger partial charge in [-0.3, -0.25) is 14.8 Å². The number of aryl methyl sites for hydroxylation is 1. The van der Waals surface area contributed by atoms with Crippen molar-refractivity contribution in [2.24, 2.45) is 15.7 Å². The van der Waals surface area contributed by atoms with Crippen LogP contribution in [0, 0.1) is 6.92 Å². The number of furan rings is 1. The summed E-state index contributed by atoms with van der Waals surface area (Å²) in [4.78, 5) is 23.6. The first-order chi connectivity index (χ1) is 14.9. The molecule has 4 N–H and O–H groups in total. The first-order valence-electron chi connectivity index (χ1n) is 10.4. The lowest BCUT2D eigenvalue weighted by Crippen LogP contribution is -2.31. The summed E-state index contributed by atoms with van der Waals surface area (Å²) >= 11 is 1.54. The van der Waals surface area contributed by atoms with Gasteiger partial charge in [-0.1, -0.05) is 0 Å². The van der Waals surface area contributed by atoms with Gasteiger partial charge in [0.1, 0.15) is 12.0 Å². The Balaban J connectivity index is 2.10. The smallest absolute Gasteiger partial charge is 0.223 e. The number of amidine groups is 1. The van der Waals surface area contributed by atoms with Crippen molar-refractivity contribution in [1.29, 1.82) is 0 Å². The molecule has 0 aromatic carbocycles. The predicted octanol–water partition coefficient (Wildman–Crippen LogP) is 3.18. The molecule has 1 amide bonds. The lowest BCUT2D eigenvalue weighted by atomic mass is 10.1. The number of nitrogens with two attached hydrogens (primary N) is 1. The number of nitrogens with zero attached hydrogens (tertiary/aromatic N) is 3. The lowest BCUT2D eigenvalue weighted by molar-refractivity contribution is -0.131. The number of carbonyl (C=O) groups excluding carboxylic acids is 1. The van der Waals surface area contributed by atoms with Crippen LogP contribution in [-0.2, 0) is 17.8 Å². The molecule has 0 spiro atoms. The number of anilines is 1. The second kappa shape index (κ2) is 12.3. The fourth-order valence-corrected chi connectivity index (χ4v) is 4.37. The van der Waals surface area contributed by atoms with Crippen molar-refractivity contribution in [3.8, 4) is 0 Å². The SMILES string of the molecule is CCN(Cc1sc(NC(O)CCc2ccco2)c(C=NC)c1C)C(=O)CCC(N)=NC. The van der Waals surface area contributed by atoms with E-state index in [1.165, 1.54) is 11.3 Å². The molecule has 0 aliphatic rings. The molecule has 2 heterocycles. The minimum Gasteiger partial charge on any atom is -0.469 e. The van der Waals surface area contributed by atoms with E-state index in [0.29, 0.717) is 44.6 Å². The van der Waals surface area contributed by atoms with Crippen molar-refractivity contribution in [3.05, 3.63) is 40.2 Å². The van der Waals surface area contributed by atoms with Gasteiger partial charge in [0, 0.05) is 56.6 Å². The summed E-state index contributed by atoms with van der Waals surface area (Å²) in [6.45, 7) is 5.09. The van der Waals surface area contributed by atoms with Crippen LogP contribution in [0.4, 0.5) is 5.00 Å². The second-order valence-corrected chi connectivity index (χ2v) is 8.29. The van der Waals surface area contributed by atoms with Gasteiger partial charge in [0.25, 0.3) is 0 Å². The Bertz CT molecular complexity index is 889. The van der Waals surface area contributed by atoms with Crippen LogP contribution in [0.25, 0.3) is 0 Å². The fraction of sp³-hybridized carbons (Fsp3) is 0.500. The average Bonchev–Trinajstić information content (AvgIpc) is 3.38. The molecule has 2 aromatic heterocycles. The number of rotatable bonds is 12. The highest BCUT2D eigenvalue weighted by Crippen LogP contribution is 2.33. The Morgan fingerprint density at radius 1 is 1.42 bits per heavy atom. The molecule has 1 atom stereocenters. The van der Waals surface area contributed by atoms with Crippen LogP contribution in [0.3, 0.4) is 0 Å². The van der Waals surface area contributed by atoms with Gasteiger partial charge in [-0.25, -0.2) is 0 Å². The number of aliphatic imine (C=N–C) groups is 2. The van der Waals surface area contributed by atoms with Gasteiger partial charge in [0.15, 0.2) is 0 Å². The summed E-state index contributed by atoms with van der Waals surface area (Å²) in [5.74, 6) is 1.36. The van der Waals surface area contributed by atoms with Crippen molar-refractivity contribution in [2.75, 3.05) is 26.0 Å². The maximum atomic E-state index is 12.6. The maximum Gasteiger partial charge on any atom is 0.223 e. The van der Waals surface area contributed by atoms with Crippen LogP contribution in [0.1, 0.15) is 48.0 Å². The summed E-state index contributed by atoms with van der Waals surface area (Å²) in [5, 5.41) is 14.5. The Morgan fingerprint density at radius 2 is 2.19 bits per heavy atom. The van der Waals surface area contributed by atoms with Gasteiger partial charge in [-0.15, -0.1) is 11.3 Å². The number of aliphatic hydroxyl groups is 1. The number of thiophene rings is 1. The number of nitrogens with one attached hydrogen (secondary N) is 1. The highest BCUT2D eigenvalue weighted by Gasteiger charge is 2.20. The van der Waals surface area contributed by atoms with Crippen molar-refractivity contribution in [1.82, 2.24) is 4.90 Å². The molecule has 0 saturated carbocycles. The van der Waals surface area contributed by atoms with Crippen molar-refractivity contribution < 1.29 is 14.3 Å². The van der Waals surface area contributed by atoms with E-state index in [2.05, 4.69) is 15.3 Å². The number of carbonyl (C=O) groups is 1. The molecule has 0 aliphatic carbocycles. The molecular weight excluding hydrogens is 414 g/mol. The molecule has 170 valence electrons. The van der Waals surface area contributed by atoms with E-state index in [9.17, 15) is 9.90 Å². The number of hydrogen-bond acceptors (Lipinski definition) is 7. The standard InChI is InChI=1S/C22H33N5O3S/c1-5-27(21(29)11-9-19(23)25-4)14-18-15(2)17(13-24-3)22(31-18)26-20(28)10-8-16-7-6-12-30-16/h6-7,12-13,20,26,28H,5,8-11,14H2,1-4H3,(H2,23,25). The molecule has 0 bridgehead atoms. The Hall–Kier alpha value is -2.65. The van der Waals surface area contributed by atoms with Crippen molar-refractivity contribution >= 4 is 34.3 Å². The molecule has 8 nitrogen and oxygen atoms in total. The van der Waals surface area contributed by atoms with Gasteiger partial charge in [-0.05, 0) is 38.0 Å². The van der Waals surface area contributed by atoms with Crippen molar-refractivity contribution in [3.63, 3.8) is 0 Å². The lowest BCUT2D eigenvalue weighted by Gasteiger charge is -2.20. The fourth-order valence-electron chi connectivity index (χ4n) is 3.13. The zero-order chi connectivity index (χ0) is 22.8. The van der Waals surface area contributed by atoms with E-state index < -0.39 is 6.23 Å². The number of hydrogen-bond donors (Lipinski definition) is 3. The molecule has 0 saturated heterocycles. The zero-order valence-electron chi connectivity index (χ0n) is 18.7. The highest BCUT2D eigenvalue weighted by molar-refractivity contribution is 7.16. The van der Waals surface area contributed by atoms with Crippen LogP contribution in [-0.4, -0.2) is 54.8 Å². The Morgan fingerprint density at radius 3 is 2.81 bits per heavy atom. The van der Waals surface area contributed by atoms with Crippen LogP contribution in [0.15, 0.2) is 32.8 Å². The monoisotopic (exact) mass is 447 g/mol. The molecule has 0 fully saturated rings. The molecule has 9 heteroatoms. The summed E-state index contributed by atoms with van der Waals surface area (Å²) in [5.41, 5.74) is 7.72. The summed E-state index contributed by atoms with van der Waals surface area (Å²) in [6.07, 6.45) is 4.64. The highest BCUT2D eigenvalue weighted by atomic mass is 32.1. The van der Waals surface area contributed by atoms with Crippen LogP contribution >= 0.6 is 11.3 Å². The third kappa shape index (κ3) is 7.22. The van der Waals surface area contributed by atoms with E-state index in [4.69, 9.17) is 10.2 Å². The third-order valence-electron chi connectivity index (χ3n) is 5.04. The molecule has 0 aliphatic heterocycles. The molecular formula is C22H33N5O3S. The summed E-state index contributed by atoms with van der Waals surface area (Å²) in [6, 6.07) is 3.73. The predicted molar refractivity (Wildman–Crippen MR) is 127 cm³/mol. The zero-order valence-corrected chi connectivity index (χ0v) is 19.5. The molecule has 2 rings (SSSR count).